The molecule has 4 nitrogen and oxygen atoms in total. The fourth-order valence-corrected chi connectivity index (χ4v) is 3.39. The molecule has 0 bridgehead atoms. The van der Waals surface area contributed by atoms with Gasteiger partial charge in [-0.15, -0.1) is 0 Å². The number of nitrogens with one attached hydrogen (secondary N) is 1. The van der Waals surface area contributed by atoms with Gasteiger partial charge in [-0.2, -0.15) is 0 Å². The van der Waals surface area contributed by atoms with Gasteiger partial charge in [-0.25, -0.2) is 8.93 Å². The van der Waals surface area contributed by atoms with Crippen molar-refractivity contribution < 1.29 is 4.21 Å². The predicted octanol–water partition coefficient (Wildman–Crippen LogP) is 1.99. The van der Waals surface area contributed by atoms with Crippen molar-refractivity contribution in [3.63, 3.8) is 0 Å². The molecule has 0 amide bonds. The van der Waals surface area contributed by atoms with Gasteiger partial charge in [0.25, 0.3) is 0 Å². The standard InChI is InChI=1S/C13H21N3OS/c1-13(2,3)15-18(17)16-9-5-6-10-11(14)7-4-8-12(10)16/h4,7-8,15H,5-6,9,14H2,1-3H3. The fraction of sp³-hybridized carbons (Fsp3) is 0.538. The lowest BCUT2D eigenvalue weighted by atomic mass is 10.0. The van der Waals surface area contributed by atoms with Crippen LogP contribution in [0.25, 0.3) is 0 Å². The fourth-order valence-electron chi connectivity index (χ4n) is 2.11. The van der Waals surface area contributed by atoms with Crippen LogP contribution in [-0.2, 0) is 17.6 Å². The van der Waals surface area contributed by atoms with E-state index in [1.807, 2.05) is 43.3 Å². The van der Waals surface area contributed by atoms with Gasteiger partial charge in [-0.1, -0.05) is 6.07 Å². The van der Waals surface area contributed by atoms with E-state index in [9.17, 15) is 4.21 Å². The van der Waals surface area contributed by atoms with Crippen LogP contribution in [0.15, 0.2) is 18.2 Å². The summed E-state index contributed by atoms with van der Waals surface area (Å²) in [5.41, 5.74) is 8.72. The first-order valence-electron chi connectivity index (χ1n) is 6.23. The van der Waals surface area contributed by atoms with Crippen LogP contribution in [-0.4, -0.2) is 16.3 Å². The Morgan fingerprint density at radius 3 is 2.78 bits per heavy atom. The van der Waals surface area contributed by atoms with Crippen LogP contribution >= 0.6 is 0 Å². The summed E-state index contributed by atoms with van der Waals surface area (Å²) in [5.74, 6) is 0. The largest absolute Gasteiger partial charge is 0.398 e. The van der Waals surface area contributed by atoms with Gasteiger partial charge in [0.1, 0.15) is 0 Å². The first-order valence-corrected chi connectivity index (χ1v) is 7.34. The lowest BCUT2D eigenvalue weighted by Crippen LogP contribution is -2.46. The molecule has 0 aliphatic carbocycles. The van der Waals surface area contributed by atoms with Gasteiger partial charge >= 0.3 is 0 Å². The Morgan fingerprint density at radius 2 is 2.11 bits per heavy atom. The molecule has 5 heteroatoms. The number of benzene rings is 1. The van der Waals surface area contributed by atoms with Crippen molar-refractivity contribution in [2.75, 3.05) is 16.6 Å². The molecule has 1 heterocycles. The summed E-state index contributed by atoms with van der Waals surface area (Å²) in [6, 6.07) is 5.82. The van der Waals surface area contributed by atoms with E-state index in [1.165, 1.54) is 0 Å². The Labute approximate surface area is 111 Å². The highest BCUT2D eigenvalue weighted by molar-refractivity contribution is 7.84. The molecule has 1 aromatic carbocycles. The first-order chi connectivity index (χ1) is 8.38. The average Bonchev–Trinajstić information content (AvgIpc) is 2.26. The van der Waals surface area contributed by atoms with Crippen molar-refractivity contribution in [3.05, 3.63) is 23.8 Å². The van der Waals surface area contributed by atoms with Crippen LogP contribution in [0.5, 0.6) is 0 Å². The van der Waals surface area contributed by atoms with Crippen molar-refractivity contribution in [1.29, 1.82) is 0 Å². The maximum atomic E-state index is 12.4. The van der Waals surface area contributed by atoms with Crippen LogP contribution in [0.3, 0.4) is 0 Å². The molecule has 1 aliphatic rings. The molecule has 0 radical (unpaired) electrons. The van der Waals surface area contributed by atoms with Crippen LogP contribution < -0.4 is 14.8 Å². The number of nitrogen functional groups attached to an aromatic ring is 1. The highest BCUT2D eigenvalue weighted by atomic mass is 32.2. The first kappa shape index (κ1) is 13.4. The van der Waals surface area contributed by atoms with Gasteiger partial charge in [-0.3, -0.25) is 4.31 Å². The van der Waals surface area contributed by atoms with Gasteiger partial charge in [0.15, 0.2) is 11.2 Å². The van der Waals surface area contributed by atoms with Crippen molar-refractivity contribution in [2.24, 2.45) is 0 Å². The second-order valence-electron chi connectivity index (χ2n) is 5.65. The lowest BCUT2D eigenvalue weighted by Gasteiger charge is -2.33. The number of anilines is 2. The van der Waals surface area contributed by atoms with Gasteiger partial charge < -0.3 is 5.73 Å². The molecule has 3 N–H and O–H groups in total. The second kappa shape index (κ2) is 4.90. The molecular weight excluding hydrogens is 246 g/mol. The quantitative estimate of drug-likeness (QED) is 0.805. The summed E-state index contributed by atoms with van der Waals surface area (Å²) in [6.45, 7) is 6.82. The van der Waals surface area contributed by atoms with Crippen molar-refractivity contribution in [1.82, 2.24) is 4.72 Å². The molecule has 1 aromatic rings. The van der Waals surface area contributed by atoms with Crippen LogP contribution in [0.2, 0.25) is 0 Å². The van der Waals surface area contributed by atoms with E-state index in [4.69, 9.17) is 5.73 Å². The minimum Gasteiger partial charge on any atom is -0.398 e. The zero-order valence-electron chi connectivity index (χ0n) is 11.2. The van der Waals surface area contributed by atoms with E-state index < -0.39 is 11.2 Å². The molecule has 2 rings (SSSR count). The molecule has 0 fully saturated rings. The van der Waals surface area contributed by atoms with Crippen LogP contribution in [0.4, 0.5) is 11.4 Å². The lowest BCUT2D eigenvalue weighted by molar-refractivity contribution is 0.517. The summed E-state index contributed by atoms with van der Waals surface area (Å²) in [5, 5.41) is 0. The molecule has 1 aliphatic heterocycles. The smallest absolute Gasteiger partial charge is 0.196 e. The third-order valence-corrected chi connectivity index (χ3v) is 4.40. The molecule has 0 saturated carbocycles. The second-order valence-corrected chi connectivity index (χ2v) is 6.80. The number of hydrogen-bond donors (Lipinski definition) is 2. The monoisotopic (exact) mass is 267 g/mol. The SMILES string of the molecule is CC(C)(C)NS(=O)N1CCCc2c(N)cccc21. The Hall–Kier alpha value is -1.07. The zero-order valence-corrected chi connectivity index (χ0v) is 12.0. The minimum atomic E-state index is -1.22. The molecular formula is C13H21N3OS. The van der Waals surface area contributed by atoms with E-state index in [0.29, 0.717) is 0 Å². The third kappa shape index (κ3) is 2.84. The molecule has 18 heavy (non-hydrogen) atoms. The summed E-state index contributed by atoms with van der Waals surface area (Å²) in [6.07, 6.45) is 1.95. The Morgan fingerprint density at radius 1 is 1.39 bits per heavy atom. The number of fused-ring (bicyclic) bond motifs is 1. The van der Waals surface area contributed by atoms with Crippen molar-refractivity contribution >= 4 is 22.5 Å². The highest BCUT2D eigenvalue weighted by Gasteiger charge is 2.25. The number of nitrogens with two attached hydrogens (primary N) is 1. The Kier molecular flexibility index (Phi) is 3.64. The van der Waals surface area contributed by atoms with Crippen molar-refractivity contribution in [3.8, 4) is 0 Å². The zero-order chi connectivity index (χ0) is 13.3. The van der Waals surface area contributed by atoms with E-state index in [1.54, 1.807) is 0 Å². The van der Waals surface area contributed by atoms with E-state index in [2.05, 4.69) is 4.72 Å². The highest BCUT2D eigenvalue weighted by Crippen LogP contribution is 2.32. The predicted molar refractivity (Wildman–Crippen MR) is 77.6 cm³/mol. The van der Waals surface area contributed by atoms with Gasteiger partial charge in [0, 0.05) is 17.8 Å². The molecule has 0 spiro atoms. The minimum absolute atomic E-state index is 0.178. The summed E-state index contributed by atoms with van der Waals surface area (Å²) >= 11 is -1.22. The molecule has 0 saturated heterocycles. The maximum absolute atomic E-state index is 12.4. The van der Waals surface area contributed by atoms with E-state index >= 15 is 0 Å². The summed E-state index contributed by atoms with van der Waals surface area (Å²) in [4.78, 5) is 0. The van der Waals surface area contributed by atoms with E-state index in [-0.39, 0.29) is 5.54 Å². The molecule has 0 aromatic heterocycles. The van der Waals surface area contributed by atoms with Crippen LogP contribution in [0.1, 0.15) is 32.8 Å². The third-order valence-electron chi connectivity index (χ3n) is 2.84. The topological polar surface area (TPSA) is 58.4 Å². The molecule has 100 valence electrons. The van der Waals surface area contributed by atoms with E-state index in [0.717, 1.165) is 36.3 Å². The summed E-state index contributed by atoms with van der Waals surface area (Å²) < 4.78 is 17.4. The molecule has 1 atom stereocenters. The number of nitrogens with zero attached hydrogens (tertiary/aromatic N) is 1. The average molecular weight is 267 g/mol. The van der Waals surface area contributed by atoms with Gasteiger partial charge in [-0.05, 0) is 51.3 Å². The Balaban J connectivity index is 2.28. The summed E-state index contributed by atoms with van der Waals surface area (Å²) in [7, 11) is 0. The normalized spacial score (nSPS) is 17.4. The van der Waals surface area contributed by atoms with Crippen molar-refractivity contribution in [2.45, 2.75) is 39.2 Å². The molecule has 1 unspecified atom stereocenters. The maximum Gasteiger partial charge on any atom is 0.196 e. The van der Waals surface area contributed by atoms with Crippen LogP contribution in [0, 0.1) is 0 Å². The number of hydrogen-bond acceptors (Lipinski definition) is 2. The van der Waals surface area contributed by atoms with Gasteiger partial charge in [0.05, 0.1) is 5.69 Å². The van der Waals surface area contributed by atoms with Gasteiger partial charge in [0.2, 0.25) is 0 Å². The number of rotatable bonds is 2. The Bertz CT molecular complexity index is 468.